The van der Waals surface area contributed by atoms with Gasteiger partial charge in [-0.1, -0.05) is 12.1 Å². The first kappa shape index (κ1) is 14.7. The first-order valence-corrected chi connectivity index (χ1v) is 7.49. The first-order valence-electron chi connectivity index (χ1n) is 7.49. The Morgan fingerprint density at radius 2 is 2.15 bits per heavy atom. The molecule has 1 aliphatic heterocycles. The van der Waals surface area contributed by atoms with Gasteiger partial charge in [-0.3, -0.25) is 4.99 Å². The van der Waals surface area contributed by atoms with Crippen LogP contribution in [-0.4, -0.2) is 44.1 Å². The molecule has 0 unspecified atom stereocenters. The van der Waals surface area contributed by atoms with Crippen LogP contribution in [0.15, 0.2) is 29.3 Å². The van der Waals surface area contributed by atoms with Crippen molar-refractivity contribution in [3.8, 4) is 5.75 Å². The predicted octanol–water partition coefficient (Wildman–Crippen LogP) is 2.30. The van der Waals surface area contributed by atoms with Gasteiger partial charge in [-0.15, -0.1) is 0 Å². The fourth-order valence-corrected chi connectivity index (χ4v) is 2.47. The zero-order valence-electron chi connectivity index (χ0n) is 12.6. The number of hydrogen-bond acceptors (Lipinski definition) is 2. The van der Waals surface area contributed by atoms with Crippen LogP contribution in [-0.2, 0) is 6.42 Å². The predicted molar refractivity (Wildman–Crippen MR) is 83.5 cm³/mol. The van der Waals surface area contributed by atoms with Crippen LogP contribution in [0.1, 0.15) is 25.3 Å². The summed E-state index contributed by atoms with van der Waals surface area (Å²) in [6.07, 6.45) is 3.50. The Morgan fingerprint density at radius 1 is 1.35 bits per heavy atom. The van der Waals surface area contributed by atoms with E-state index < -0.39 is 0 Å². The standard InChI is InChI=1S/C16H25N3O/c1-3-17-16(19-11-4-5-12-19)18-10-9-14-7-6-8-15(13-14)20-2/h6-8,13H,3-5,9-12H2,1-2H3,(H,17,18). The molecule has 0 bridgehead atoms. The molecule has 0 amide bonds. The highest BCUT2D eigenvalue weighted by atomic mass is 16.5. The zero-order valence-corrected chi connectivity index (χ0v) is 12.6. The number of hydrogen-bond donors (Lipinski definition) is 1. The van der Waals surface area contributed by atoms with E-state index in [4.69, 9.17) is 9.73 Å². The highest BCUT2D eigenvalue weighted by molar-refractivity contribution is 5.80. The van der Waals surface area contributed by atoms with Gasteiger partial charge in [0, 0.05) is 26.2 Å². The van der Waals surface area contributed by atoms with Crippen LogP contribution in [0.2, 0.25) is 0 Å². The van der Waals surface area contributed by atoms with Gasteiger partial charge >= 0.3 is 0 Å². The van der Waals surface area contributed by atoms with Crippen molar-refractivity contribution in [1.29, 1.82) is 0 Å². The first-order chi connectivity index (χ1) is 9.83. The van der Waals surface area contributed by atoms with E-state index in [-0.39, 0.29) is 0 Å². The number of nitrogens with one attached hydrogen (secondary N) is 1. The summed E-state index contributed by atoms with van der Waals surface area (Å²) >= 11 is 0. The Morgan fingerprint density at radius 3 is 2.85 bits per heavy atom. The van der Waals surface area contributed by atoms with Crippen LogP contribution in [0.25, 0.3) is 0 Å². The van der Waals surface area contributed by atoms with Gasteiger partial charge in [0.1, 0.15) is 5.75 Å². The molecule has 1 fully saturated rings. The van der Waals surface area contributed by atoms with Gasteiger partial charge in [0.25, 0.3) is 0 Å². The molecular weight excluding hydrogens is 250 g/mol. The minimum Gasteiger partial charge on any atom is -0.497 e. The molecule has 0 aromatic heterocycles. The summed E-state index contributed by atoms with van der Waals surface area (Å²) < 4.78 is 5.25. The van der Waals surface area contributed by atoms with Gasteiger partial charge in [-0.05, 0) is 43.9 Å². The number of methoxy groups -OCH3 is 1. The Balaban J connectivity index is 1.91. The average Bonchev–Trinajstić information content (AvgIpc) is 3.01. The number of aliphatic imine (C=N–C) groups is 1. The van der Waals surface area contributed by atoms with Gasteiger partial charge < -0.3 is 15.0 Å². The van der Waals surface area contributed by atoms with Crippen LogP contribution < -0.4 is 10.1 Å². The van der Waals surface area contributed by atoms with Gasteiger partial charge in [0.15, 0.2) is 5.96 Å². The molecule has 0 radical (unpaired) electrons. The summed E-state index contributed by atoms with van der Waals surface area (Å²) in [5.74, 6) is 1.98. The van der Waals surface area contributed by atoms with Gasteiger partial charge in [-0.25, -0.2) is 0 Å². The van der Waals surface area contributed by atoms with Crippen molar-refractivity contribution in [2.24, 2.45) is 4.99 Å². The zero-order chi connectivity index (χ0) is 14.2. The lowest BCUT2D eigenvalue weighted by Crippen LogP contribution is -2.39. The van der Waals surface area contributed by atoms with E-state index in [0.29, 0.717) is 0 Å². The maximum atomic E-state index is 5.25. The monoisotopic (exact) mass is 275 g/mol. The third-order valence-corrected chi connectivity index (χ3v) is 3.54. The molecule has 4 heteroatoms. The second kappa shape index (κ2) is 7.78. The lowest BCUT2D eigenvalue weighted by atomic mass is 10.1. The topological polar surface area (TPSA) is 36.9 Å². The smallest absolute Gasteiger partial charge is 0.193 e. The molecule has 0 spiro atoms. The summed E-state index contributed by atoms with van der Waals surface area (Å²) in [4.78, 5) is 7.09. The summed E-state index contributed by atoms with van der Waals surface area (Å²) in [7, 11) is 1.70. The van der Waals surface area contributed by atoms with Crippen molar-refractivity contribution in [3.63, 3.8) is 0 Å². The average molecular weight is 275 g/mol. The largest absolute Gasteiger partial charge is 0.497 e. The Hall–Kier alpha value is -1.71. The minimum atomic E-state index is 0.812. The maximum absolute atomic E-state index is 5.25. The molecule has 1 heterocycles. The van der Waals surface area contributed by atoms with Gasteiger partial charge in [-0.2, -0.15) is 0 Å². The molecule has 1 aliphatic rings. The van der Waals surface area contributed by atoms with E-state index in [9.17, 15) is 0 Å². The molecule has 1 aromatic carbocycles. The molecule has 2 rings (SSSR count). The molecular formula is C16H25N3O. The summed E-state index contributed by atoms with van der Waals surface area (Å²) in [6, 6.07) is 8.21. The minimum absolute atomic E-state index is 0.812. The van der Waals surface area contributed by atoms with Crippen molar-refractivity contribution in [1.82, 2.24) is 10.2 Å². The maximum Gasteiger partial charge on any atom is 0.193 e. The normalized spacial score (nSPS) is 15.5. The van der Waals surface area contributed by atoms with Crippen molar-refractivity contribution in [2.45, 2.75) is 26.2 Å². The van der Waals surface area contributed by atoms with Crippen LogP contribution in [0.3, 0.4) is 0 Å². The molecule has 20 heavy (non-hydrogen) atoms. The third-order valence-electron chi connectivity index (χ3n) is 3.54. The molecule has 4 nitrogen and oxygen atoms in total. The van der Waals surface area contributed by atoms with Crippen molar-refractivity contribution < 1.29 is 4.74 Å². The van der Waals surface area contributed by atoms with Crippen LogP contribution >= 0.6 is 0 Å². The van der Waals surface area contributed by atoms with Crippen LogP contribution in [0, 0.1) is 0 Å². The number of benzene rings is 1. The van der Waals surface area contributed by atoms with Crippen molar-refractivity contribution >= 4 is 5.96 Å². The van der Waals surface area contributed by atoms with E-state index in [1.165, 1.54) is 18.4 Å². The number of rotatable bonds is 5. The SMILES string of the molecule is CCNC(=NCCc1cccc(OC)c1)N1CCCC1. The fraction of sp³-hybridized carbons (Fsp3) is 0.562. The molecule has 1 saturated heterocycles. The van der Waals surface area contributed by atoms with Crippen LogP contribution in [0.5, 0.6) is 5.75 Å². The van der Waals surface area contributed by atoms with E-state index in [0.717, 1.165) is 44.3 Å². The summed E-state index contributed by atoms with van der Waals surface area (Å²) in [6.45, 7) is 6.12. The van der Waals surface area contributed by atoms with E-state index in [2.05, 4.69) is 29.3 Å². The molecule has 110 valence electrons. The number of ether oxygens (including phenoxy) is 1. The number of likely N-dealkylation sites (tertiary alicyclic amines) is 1. The summed E-state index contributed by atoms with van der Waals surface area (Å²) in [5, 5.41) is 3.38. The molecule has 0 saturated carbocycles. The molecule has 1 N–H and O–H groups in total. The summed E-state index contributed by atoms with van der Waals surface area (Å²) in [5.41, 5.74) is 1.27. The van der Waals surface area contributed by atoms with E-state index in [1.54, 1.807) is 7.11 Å². The van der Waals surface area contributed by atoms with E-state index >= 15 is 0 Å². The fourth-order valence-electron chi connectivity index (χ4n) is 2.47. The van der Waals surface area contributed by atoms with Gasteiger partial charge in [0.2, 0.25) is 0 Å². The lowest BCUT2D eigenvalue weighted by molar-refractivity contribution is 0.414. The molecule has 0 atom stereocenters. The highest BCUT2D eigenvalue weighted by Gasteiger charge is 2.15. The van der Waals surface area contributed by atoms with Crippen molar-refractivity contribution in [3.05, 3.63) is 29.8 Å². The molecule has 0 aliphatic carbocycles. The Kier molecular flexibility index (Phi) is 5.71. The van der Waals surface area contributed by atoms with E-state index in [1.807, 2.05) is 12.1 Å². The molecule has 1 aromatic rings. The van der Waals surface area contributed by atoms with Crippen molar-refractivity contribution in [2.75, 3.05) is 33.3 Å². The van der Waals surface area contributed by atoms with Crippen LogP contribution in [0.4, 0.5) is 0 Å². The highest BCUT2D eigenvalue weighted by Crippen LogP contribution is 2.13. The Labute approximate surface area is 121 Å². The quantitative estimate of drug-likeness (QED) is 0.662. The lowest BCUT2D eigenvalue weighted by Gasteiger charge is -2.20. The third kappa shape index (κ3) is 4.15. The Bertz CT molecular complexity index is 439. The number of guanidine groups is 1. The van der Waals surface area contributed by atoms with Gasteiger partial charge in [0.05, 0.1) is 7.11 Å². The second-order valence-corrected chi connectivity index (χ2v) is 5.03. The second-order valence-electron chi connectivity index (χ2n) is 5.03. The number of nitrogens with zero attached hydrogens (tertiary/aromatic N) is 2.